The Hall–Kier alpha value is -1.80. The number of hydrogen-bond donors (Lipinski definition) is 2. The molecule has 4 bridgehead atoms. The summed E-state index contributed by atoms with van der Waals surface area (Å²) < 4.78 is 0. The van der Waals surface area contributed by atoms with Crippen LogP contribution in [0, 0.1) is 17.8 Å². The van der Waals surface area contributed by atoms with Crippen molar-refractivity contribution in [3.63, 3.8) is 0 Å². The second-order valence-corrected chi connectivity index (χ2v) is 10.2. The van der Waals surface area contributed by atoms with Crippen LogP contribution in [0.15, 0.2) is 17.5 Å². The fourth-order valence-corrected chi connectivity index (χ4v) is 7.30. The molecule has 0 atom stereocenters. The highest BCUT2D eigenvalue weighted by Crippen LogP contribution is 2.61. The number of nitrogens with one attached hydrogen (secondary N) is 2. The molecule has 0 spiro atoms. The standard InChI is InChI=1S/C19H22N4O2S2/c24-15(10-20-16(25)14-2-1-3-26-14)21-18-23-22-17(27-18)19-7-11-4-12(8-19)6-13(5-11)9-19/h1-3,11-13H,4-10H2,(H,20,25)(H,21,23,24). The van der Waals surface area contributed by atoms with Gasteiger partial charge in [0.15, 0.2) is 0 Å². The van der Waals surface area contributed by atoms with E-state index in [0.29, 0.717) is 10.0 Å². The maximum absolute atomic E-state index is 12.2. The van der Waals surface area contributed by atoms with Gasteiger partial charge in [0, 0.05) is 5.41 Å². The van der Waals surface area contributed by atoms with Crippen LogP contribution in [0.5, 0.6) is 0 Å². The molecule has 2 aromatic heterocycles. The number of amides is 2. The molecule has 0 aromatic carbocycles. The van der Waals surface area contributed by atoms with Gasteiger partial charge in [-0.1, -0.05) is 17.4 Å². The van der Waals surface area contributed by atoms with E-state index < -0.39 is 0 Å². The molecule has 6 nitrogen and oxygen atoms in total. The molecule has 6 rings (SSSR count). The van der Waals surface area contributed by atoms with Gasteiger partial charge in [-0.05, 0) is 67.7 Å². The third-order valence-corrected chi connectivity index (χ3v) is 8.27. The van der Waals surface area contributed by atoms with Gasteiger partial charge in [-0.2, -0.15) is 0 Å². The Labute approximate surface area is 165 Å². The van der Waals surface area contributed by atoms with Crippen molar-refractivity contribution in [2.75, 3.05) is 11.9 Å². The SMILES string of the molecule is O=C(CNC(=O)c1cccs1)Nc1nnc(C23CC4CC(CC(C4)C2)C3)s1. The fraction of sp³-hybridized carbons (Fsp3) is 0.579. The summed E-state index contributed by atoms with van der Waals surface area (Å²) >= 11 is 2.87. The van der Waals surface area contributed by atoms with Gasteiger partial charge in [-0.3, -0.25) is 14.9 Å². The molecule has 142 valence electrons. The van der Waals surface area contributed by atoms with Crippen LogP contribution in [-0.4, -0.2) is 28.6 Å². The first-order valence-corrected chi connectivity index (χ1v) is 11.2. The van der Waals surface area contributed by atoms with E-state index in [4.69, 9.17) is 0 Å². The van der Waals surface area contributed by atoms with Crippen molar-refractivity contribution in [3.05, 3.63) is 27.4 Å². The van der Waals surface area contributed by atoms with Crippen molar-refractivity contribution >= 4 is 39.6 Å². The maximum atomic E-state index is 12.2. The van der Waals surface area contributed by atoms with Gasteiger partial charge in [0.1, 0.15) is 5.01 Å². The van der Waals surface area contributed by atoms with Crippen molar-refractivity contribution in [1.82, 2.24) is 15.5 Å². The molecule has 0 saturated heterocycles. The van der Waals surface area contributed by atoms with E-state index in [0.717, 1.165) is 22.8 Å². The van der Waals surface area contributed by atoms with E-state index in [-0.39, 0.29) is 23.8 Å². The van der Waals surface area contributed by atoms with E-state index in [1.165, 1.54) is 61.2 Å². The molecule has 0 aliphatic heterocycles. The zero-order chi connectivity index (χ0) is 18.4. The number of carbonyl (C=O) groups excluding carboxylic acids is 2. The predicted molar refractivity (Wildman–Crippen MR) is 105 cm³/mol. The van der Waals surface area contributed by atoms with Crippen LogP contribution in [0.1, 0.15) is 53.2 Å². The molecule has 0 radical (unpaired) electrons. The molecule has 27 heavy (non-hydrogen) atoms. The highest BCUT2D eigenvalue weighted by atomic mass is 32.1. The summed E-state index contributed by atoms with van der Waals surface area (Å²) in [7, 11) is 0. The summed E-state index contributed by atoms with van der Waals surface area (Å²) in [6.45, 7) is -0.0665. The molecule has 4 saturated carbocycles. The zero-order valence-corrected chi connectivity index (χ0v) is 16.6. The summed E-state index contributed by atoms with van der Waals surface area (Å²) in [6, 6.07) is 3.55. The number of hydrogen-bond acceptors (Lipinski definition) is 6. The van der Waals surface area contributed by atoms with Crippen molar-refractivity contribution in [1.29, 1.82) is 0 Å². The Kier molecular flexibility index (Phi) is 4.27. The molecule has 2 N–H and O–H groups in total. The highest BCUT2D eigenvalue weighted by molar-refractivity contribution is 7.15. The third-order valence-electron chi connectivity index (χ3n) is 6.32. The number of thiophene rings is 1. The lowest BCUT2D eigenvalue weighted by atomic mass is 9.50. The molecule has 2 heterocycles. The number of nitrogens with zero attached hydrogens (tertiary/aromatic N) is 2. The summed E-state index contributed by atoms with van der Waals surface area (Å²) in [4.78, 5) is 24.7. The monoisotopic (exact) mass is 402 g/mol. The lowest BCUT2D eigenvalue weighted by molar-refractivity contribution is -0.115. The minimum absolute atomic E-state index is 0.0665. The normalized spacial score (nSPS) is 31.0. The lowest BCUT2D eigenvalue weighted by Gasteiger charge is -2.55. The topological polar surface area (TPSA) is 84.0 Å². The Bertz CT molecular complexity index is 826. The Morgan fingerprint density at radius 1 is 1.11 bits per heavy atom. The third kappa shape index (κ3) is 3.29. The molecule has 0 unspecified atom stereocenters. The molecular weight excluding hydrogens is 380 g/mol. The number of aromatic nitrogens is 2. The fourth-order valence-electron chi connectivity index (χ4n) is 5.68. The Morgan fingerprint density at radius 2 is 1.81 bits per heavy atom. The molecule has 4 fully saturated rings. The highest BCUT2D eigenvalue weighted by Gasteiger charge is 2.53. The summed E-state index contributed by atoms with van der Waals surface area (Å²) in [5.74, 6) is 2.06. The number of rotatable bonds is 5. The predicted octanol–water partition coefficient (Wildman–Crippen LogP) is 3.44. The van der Waals surface area contributed by atoms with Crippen molar-refractivity contribution in [2.45, 2.75) is 43.9 Å². The lowest BCUT2D eigenvalue weighted by Crippen LogP contribution is -2.48. The first-order valence-electron chi connectivity index (χ1n) is 9.55. The molecular formula is C19H22N4O2S2. The van der Waals surface area contributed by atoms with Gasteiger partial charge < -0.3 is 5.32 Å². The van der Waals surface area contributed by atoms with Gasteiger partial charge >= 0.3 is 0 Å². The average molecular weight is 403 g/mol. The maximum Gasteiger partial charge on any atom is 0.261 e. The van der Waals surface area contributed by atoms with Gasteiger partial charge in [-0.15, -0.1) is 21.5 Å². The first kappa shape index (κ1) is 17.3. The largest absolute Gasteiger partial charge is 0.342 e. The van der Waals surface area contributed by atoms with E-state index in [2.05, 4.69) is 20.8 Å². The zero-order valence-electron chi connectivity index (χ0n) is 14.9. The van der Waals surface area contributed by atoms with Crippen molar-refractivity contribution in [3.8, 4) is 0 Å². The molecule has 4 aliphatic carbocycles. The van der Waals surface area contributed by atoms with Gasteiger partial charge in [0.05, 0.1) is 11.4 Å². The second kappa shape index (κ2) is 6.67. The van der Waals surface area contributed by atoms with Gasteiger partial charge in [-0.25, -0.2) is 0 Å². The summed E-state index contributed by atoms with van der Waals surface area (Å²) in [5, 5.41) is 17.6. The van der Waals surface area contributed by atoms with Gasteiger partial charge in [0.25, 0.3) is 5.91 Å². The van der Waals surface area contributed by atoms with Gasteiger partial charge in [0.2, 0.25) is 11.0 Å². The van der Waals surface area contributed by atoms with Crippen LogP contribution >= 0.6 is 22.7 Å². The average Bonchev–Trinajstić information content (AvgIpc) is 3.31. The molecule has 2 amide bonds. The van der Waals surface area contributed by atoms with Crippen LogP contribution in [0.4, 0.5) is 5.13 Å². The van der Waals surface area contributed by atoms with Crippen LogP contribution in [0.25, 0.3) is 0 Å². The van der Waals surface area contributed by atoms with Crippen LogP contribution in [-0.2, 0) is 10.2 Å². The number of anilines is 1. The smallest absolute Gasteiger partial charge is 0.261 e. The molecule has 4 aliphatic rings. The van der Waals surface area contributed by atoms with E-state index in [9.17, 15) is 9.59 Å². The molecule has 2 aromatic rings. The van der Waals surface area contributed by atoms with Crippen LogP contribution in [0.3, 0.4) is 0 Å². The van der Waals surface area contributed by atoms with E-state index in [1.54, 1.807) is 6.07 Å². The van der Waals surface area contributed by atoms with Crippen molar-refractivity contribution < 1.29 is 9.59 Å². The minimum atomic E-state index is -0.270. The van der Waals surface area contributed by atoms with Crippen LogP contribution < -0.4 is 10.6 Å². The Morgan fingerprint density at radius 3 is 2.44 bits per heavy atom. The first-order chi connectivity index (χ1) is 13.1. The quantitative estimate of drug-likeness (QED) is 0.802. The van der Waals surface area contributed by atoms with E-state index in [1.807, 2.05) is 11.4 Å². The van der Waals surface area contributed by atoms with E-state index >= 15 is 0 Å². The Balaban J connectivity index is 1.21. The van der Waals surface area contributed by atoms with Crippen LogP contribution in [0.2, 0.25) is 0 Å². The summed E-state index contributed by atoms with van der Waals surface area (Å²) in [6.07, 6.45) is 7.89. The molecule has 8 heteroatoms. The minimum Gasteiger partial charge on any atom is -0.342 e. The number of carbonyl (C=O) groups is 2. The summed E-state index contributed by atoms with van der Waals surface area (Å²) in [5.41, 5.74) is 0.197. The van der Waals surface area contributed by atoms with Crippen molar-refractivity contribution in [2.24, 2.45) is 17.8 Å². The second-order valence-electron chi connectivity index (χ2n) is 8.32.